The van der Waals surface area contributed by atoms with Crippen molar-refractivity contribution in [1.82, 2.24) is 31.6 Å². The summed E-state index contributed by atoms with van der Waals surface area (Å²) in [4.78, 5) is 95.6. The van der Waals surface area contributed by atoms with Gasteiger partial charge in [-0.05, 0) is 74.1 Å². The molecule has 2 aromatic carbocycles. The zero-order valence-electron chi connectivity index (χ0n) is 34.4. The molecule has 5 amide bonds. The molecule has 0 aliphatic carbocycles. The van der Waals surface area contributed by atoms with Gasteiger partial charge in [0.25, 0.3) is 0 Å². The van der Waals surface area contributed by atoms with Crippen molar-refractivity contribution in [2.24, 2.45) is 23.3 Å². The third-order valence-electron chi connectivity index (χ3n) is 10.2. The van der Waals surface area contributed by atoms with Gasteiger partial charge in [-0.3, -0.25) is 33.6 Å². The average Bonchev–Trinajstić information content (AvgIpc) is 3.62. The van der Waals surface area contributed by atoms with Gasteiger partial charge in [0.1, 0.15) is 24.2 Å². The fourth-order valence-corrected chi connectivity index (χ4v) is 6.62. The number of fused-ring (bicyclic) bond motifs is 1. The minimum absolute atomic E-state index is 0.0497. The van der Waals surface area contributed by atoms with Gasteiger partial charge < -0.3 is 48.1 Å². The Kier molecular flexibility index (Phi) is 19.7. The van der Waals surface area contributed by atoms with Crippen LogP contribution in [0.1, 0.15) is 83.8 Å². The molecule has 0 fully saturated rings. The molecule has 16 heteroatoms. The standard InChI is InChI=1S/C43H61N8O8/c1-5-27(4)38(51-39(55)32(45)22-28-13-7-6-8-14-28)43(59)48-34(18-19-37(53)54)40(56)50-36(23-29-24-46-33-17-10-9-16-31(29)33)42(58)49-35(21-26(2)3)41(57)47-30(25-52)15-11-12-20-44/h6-10,13-14,16-17,24,26-27,30,32,34-36,38,46H,5,11-12,15,18-23,44-45H2,1-4H3,(H,47,57)(H,48,59)(H,49,58)(H,50,56)(H,51,55)(H,53,54)/t27-,30-,32-,34-,35-,36-,38-/m0/s1. The van der Waals surface area contributed by atoms with Crippen LogP contribution in [0.15, 0.2) is 60.8 Å². The summed E-state index contributed by atoms with van der Waals surface area (Å²) >= 11 is 0. The van der Waals surface area contributed by atoms with Crippen LogP contribution in [0.25, 0.3) is 10.9 Å². The van der Waals surface area contributed by atoms with Crippen molar-refractivity contribution >= 4 is 52.7 Å². The summed E-state index contributed by atoms with van der Waals surface area (Å²) in [6.07, 6.45) is 5.09. The third kappa shape index (κ3) is 15.6. The number of benzene rings is 2. The second kappa shape index (κ2) is 24.3. The topological polar surface area (TPSA) is 268 Å². The van der Waals surface area contributed by atoms with Crippen LogP contribution < -0.4 is 38.1 Å². The number of carbonyl (C=O) groups is 6. The van der Waals surface area contributed by atoms with Gasteiger partial charge in [-0.1, -0.05) is 82.6 Å². The Hall–Kier alpha value is -5.61. The Morgan fingerprint density at radius 1 is 0.746 bits per heavy atom. The second-order valence-corrected chi connectivity index (χ2v) is 15.4. The van der Waals surface area contributed by atoms with E-state index < -0.39 is 84.1 Å². The molecule has 3 aromatic rings. The highest BCUT2D eigenvalue weighted by Gasteiger charge is 2.34. The highest BCUT2D eigenvalue weighted by Crippen LogP contribution is 2.20. The van der Waals surface area contributed by atoms with Crippen molar-refractivity contribution in [2.45, 2.75) is 122 Å². The number of nitrogens with two attached hydrogens (primary N) is 2. The minimum Gasteiger partial charge on any atom is -0.481 e. The highest BCUT2D eigenvalue weighted by molar-refractivity contribution is 5.97. The van der Waals surface area contributed by atoms with Crippen LogP contribution in [0.2, 0.25) is 0 Å². The summed E-state index contributed by atoms with van der Waals surface area (Å²) in [5.41, 5.74) is 14.1. The quantitative estimate of drug-likeness (QED) is 0.0531. The predicted octanol–water partition coefficient (Wildman–Crippen LogP) is 1.90. The number of aliphatic carboxylic acids is 1. The smallest absolute Gasteiger partial charge is 0.303 e. The highest BCUT2D eigenvalue weighted by atomic mass is 16.4. The predicted molar refractivity (Wildman–Crippen MR) is 224 cm³/mol. The van der Waals surface area contributed by atoms with E-state index in [4.69, 9.17) is 11.5 Å². The zero-order valence-corrected chi connectivity index (χ0v) is 34.4. The molecule has 0 unspecified atom stereocenters. The molecule has 16 nitrogen and oxygen atoms in total. The van der Waals surface area contributed by atoms with Gasteiger partial charge >= 0.3 is 5.97 Å². The fourth-order valence-electron chi connectivity index (χ4n) is 6.62. The molecule has 1 heterocycles. The summed E-state index contributed by atoms with van der Waals surface area (Å²) in [6.45, 7) is 7.73. The number of carboxylic acid groups (broad SMARTS) is 1. The molecule has 0 aliphatic heterocycles. The Morgan fingerprint density at radius 3 is 2.02 bits per heavy atom. The van der Waals surface area contributed by atoms with Crippen LogP contribution in [0.3, 0.4) is 0 Å². The van der Waals surface area contributed by atoms with E-state index in [0.29, 0.717) is 37.8 Å². The Morgan fingerprint density at radius 2 is 1.37 bits per heavy atom. The van der Waals surface area contributed by atoms with E-state index in [9.17, 15) is 38.7 Å². The van der Waals surface area contributed by atoms with Gasteiger partial charge in [0.05, 0.1) is 12.1 Å². The largest absolute Gasteiger partial charge is 0.481 e. The molecule has 7 atom stereocenters. The molecule has 0 saturated carbocycles. The molecular weight excluding hydrogens is 757 g/mol. The molecule has 0 bridgehead atoms. The van der Waals surface area contributed by atoms with Crippen LogP contribution in [-0.2, 0) is 46.4 Å². The van der Waals surface area contributed by atoms with Crippen molar-refractivity contribution in [2.75, 3.05) is 6.54 Å². The van der Waals surface area contributed by atoms with Crippen molar-refractivity contribution in [1.29, 1.82) is 0 Å². The maximum absolute atomic E-state index is 14.2. The van der Waals surface area contributed by atoms with Crippen LogP contribution in [0, 0.1) is 11.8 Å². The maximum Gasteiger partial charge on any atom is 0.303 e. The number of nitrogens with one attached hydrogen (secondary N) is 6. The first-order valence-electron chi connectivity index (χ1n) is 20.3. The van der Waals surface area contributed by atoms with Gasteiger partial charge in [0, 0.05) is 29.9 Å². The second-order valence-electron chi connectivity index (χ2n) is 15.4. The normalized spacial score (nSPS) is 14.8. The summed E-state index contributed by atoms with van der Waals surface area (Å²) in [6, 6.07) is 9.64. The SMILES string of the molecule is CC[C@H](C)[C@H](NC(=O)[C@@H](N)Cc1ccccc1)C(=O)N[C@@H](CCC(=O)O)C(=O)N[C@@H](Cc1c[nH]c2ccccc12)C(=O)N[C@@H](CC(C)C)C(=O)N[C@H]([C]=O)CCCCN. The first-order chi connectivity index (χ1) is 28.2. The van der Waals surface area contributed by atoms with Crippen molar-refractivity contribution in [3.63, 3.8) is 0 Å². The van der Waals surface area contributed by atoms with Gasteiger partial charge in [0.2, 0.25) is 35.8 Å². The molecule has 59 heavy (non-hydrogen) atoms. The van der Waals surface area contributed by atoms with Crippen molar-refractivity contribution in [3.8, 4) is 0 Å². The third-order valence-corrected chi connectivity index (χ3v) is 10.2. The number of carbonyl (C=O) groups excluding carboxylic acids is 6. The lowest BCUT2D eigenvalue weighted by Crippen LogP contribution is -2.60. The van der Waals surface area contributed by atoms with E-state index in [1.165, 1.54) is 0 Å². The number of hydrogen-bond acceptors (Lipinski definition) is 9. The average molecular weight is 818 g/mol. The molecule has 3 rings (SSSR count). The van der Waals surface area contributed by atoms with E-state index in [0.717, 1.165) is 16.5 Å². The summed E-state index contributed by atoms with van der Waals surface area (Å²) in [5, 5.41) is 23.8. The first-order valence-corrected chi connectivity index (χ1v) is 20.3. The number of para-hydroxylation sites is 1. The lowest BCUT2D eigenvalue weighted by molar-refractivity contribution is -0.138. The van der Waals surface area contributed by atoms with Gasteiger partial charge in [0.15, 0.2) is 0 Å². The lowest BCUT2D eigenvalue weighted by Gasteiger charge is -2.29. The number of carboxylic acids is 1. The Bertz CT molecular complexity index is 1850. The number of aromatic nitrogens is 1. The molecule has 321 valence electrons. The van der Waals surface area contributed by atoms with Gasteiger partial charge in [-0.15, -0.1) is 0 Å². The van der Waals surface area contributed by atoms with Crippen LogP contribution in [0.5, 0.6) is 0 Å². The fraction of sp³-hybridized carbons (Fsp3) is 0.512. The van der Waals surface area contributed by atoms with E-state index in [-0.39, 0.29) is 31.6 Å². The molecule has 1 aromatic heterocycles. The first kappa shape index (κ1) is 47.8. The number of aromatic amines is 1. The number of unbranched alkanes of at least 4 members (excludes halogenated alkanes) is 1. The molecule has 0 aliphatic rings. The summed E-state index contributed by atoms with van der Waals surface area (Å²) < 4.78 is 0. The van der Waals surface area contributed by atoms with E-state index >= 15 is 0 Å². The van der Waals surface area contributed by atoms with E-state index in [1.54, 1.807) is 13.1 Å². The lowest BCUT2D eigenvalue weighted by atomic mass is 9.96. The van der Waals surface area contributed by atoms with Crippen LogP contribution >= 0.6 is 0 Å². The number of rotatable bonds is 26. The number of H-pyrrole nitrogens is 1. The van der Waals surface area contributed by atoms with Gasteiger partial charge in [-0.2, -0.15) is 0 Å². The molecule has 0 spiro atoms. The Balaban J connectivity index is 1.90. The molecular formula is C43H61N8O8. The zero-order chi connectivity index (χ0) is 43.5. The molecule has 0 saturated heterocycles. The maximum atomic E-state index is 14.2. The van der Waals surface area contributed by atoms with Crippen LogP contribution in [-0.4, -0.2) is 94.7 Å². The number of amides is 5. The minimum atomic E-state index is -1.44. The van der Waals surface area contributed by atoms with E-state index in [1.807, 2.05) is 81.7 Å². The van der Waals surface area contributed by atoms with Crippen LogP contribution in [0.4, 0.5) is 0 Å². The summed E-state index contributed by atoms with van der Waals surface area (Å²) in [7, 11) is 0. The number of hydrogen-bond donors (Lipinski definition) is 9. The summed E-state index contributed by atoms with van der Waals surface area (Å²) in [5.74, 6) is -5.18. The van der Waals surface area contributed by atoms with Crippen molar-refractivity contribution in [3.05, 3.63) is 71.9 Å². The Labute approximate surface area is 345 Å². The van der Waals surface area contributed by atoms with E-state index in [2.05, 4.69) is 31.6 Å². The van der Waals surface area contributed by atoms with Crippen molar-refractivity contribution < 1.29 is 38.7 Å². The molecule has 11 N–H and O–H groups in total. The monoisotopic (exact) mass is 817 g/mol. The van der Waals surface area contributed by atoms with Gasteiger partial charge in [-0.25, -0.2) is 0 Å². The molecule has 1 radical (unpaired) electrons.